The summed E-state index contributed by atoms with van der Waals surface area (Å²) in [6, 6.07) is 6.03. The van der Waals surface area contributed by atoms with Gasteiger partial charge >= 0.3 is 5.97 Å². The van der Waals surface area contributed by atoms with Crippen molar-refractivity contribution in [3.05, 3.63) is 67.0 Å². The SMILES string of the molecule is O=C(O)c1cc(Cl)c(=O)n(Cc2ccc(Cl)c(Cl)c2)c1. The second-order valence-electron chi connectivity index (χ2n) is 4.06. The van der Waals surface area contributed by atoms with Gasteiger partial charge in [-0.1, -0.05) is 40.9 Å². The van der Waals surface area contributed by atoms with Gasteiger partial charge in [0.05, 0.1) is 22.2 Å². The Balaban J connectivity index is 2.44. The molecule has 0 bridgehead atoms. The van der Waals surface area contributed by atoms with Crippen molar-refractivity contribution in [2.24, 2.45) is 0 Å². The molecule has 0 aliphatic heterocycles. The summed E-state index contributed by atoms with van der Waals surface area (Å²) in [5.74, 6) is -1.16. The summed E-state index contributed by atoms with van der Waals surface area (Å²) in [5, 5.41) is 9.57. The van der Waals surface area contributed by atoms with Crippen molar-refractivity contribution in [3.63, 3.8) is 0 Å². The third-order valence-corrected chi connectivity index (χ3v) is 3.64. The third-order valence-electron chi connectivity index (χ3n) is 2.63. The number of pyridine rings is 1. The van der Waals surface area contributed by atoms with Crippen molar-refractivity contribution in [1.29, 1.82) is 0 Å². The van der Waals surface area contributed by atoms with Crippen molar-refractivity contribution in [2.45, 2.75) is 6.54 Å². The zero-order chi connectivity index (χ0) is 14.9. The van der Waals surface area contributed by atoms with Gasteiger partial charge in [-0.25, -0.2) is 4.79 Å². The highest BCUT2D eigenvalue weighted by atomic mass is 35.5. The molecule has 0 amide bonds. The first-order valence-corrected chi connectivity index (χ1v) is 6.59. The molecule has 2 rings (SSSR count). The Morgan fingerprint density at radius 3 is 2.40 bits per heavy atom. The van der Waals surface area contributed by atoms with E-state index in [1.165, 1.54) is 10.8 Å². The van der Waals surface area contributed by atoms with Crippen LogP contribution in [0, 0.1) is 0 Å². The van der Waals surface area contributed by atoms with E-state index in [1.54, 1.807) is 18.2 Å². The predicted octanol–water partition coefficient (Wildman–Crippen LogP) is 3.56. The largest absolute Gasteiger partial charge is 0.478 e. The van der Waals surface area contributed by atoms with Gasteiger partial charge in [0, 0.05) is 6.20 Å². The molecule has 1 heterocycles. The summed E-state index contributed by atoms with van der Waals surface area (Å²) >= 11 is 17.4. The topological polar surface area (TPSA) is 59.3 Å². The number of hydrogen-bond donors (Lipinski definition) is 1. The third kappa shape index (κ3) is 3.15. The van der Waals surface area contributed by atoms with Crippen molar-refractivity contribution in [3.8, 4) is 0 Å². The number of rotatable bonds is 3. The summed E-state index contributed by atoms with van der Waals surface area (Å²) in [6.45, 7) is 0.149. The van der Waals surface area contributed by atoms with Gasteiger partial charge in [0.2, 0.25) is 0 Å². The molecule has 4 nitrogen and oxygen atoms in total. The van der Waals surface area contributed by atoms with E-state index >= 15 is 0 Å². The van der Waals surface area contributed by atoms with Crippen molar-refractivity contribution in [1.82, 2.24) is 4.57 Å². The minimum absolute atomic E-state index is 0.0605. The van der Waals surface area contributed by atoms with Gasteiger partial charge in [0.25, 0.3) is 5.56 Å². The molecule has 2 aromatic rings. The van der Waals surface area contributed by atoms with Crippen LogP contribution in [-0.2, 0) is 6.54 Å². The lowest BCUT2D eigenvalue weighted by atomic mass is 10.2. The van der Waals surface area contributed by atoms with Crippen LogP contribution in [0.3, 0.4) is 0 Å². The molecule has 0 unspecified atom stereocenters. The Morgan fingerprint density at radius 2 is 1.80 bits per heavy atom. The van der Waals surface area contributed by atoms with Gasteiger partial charge in [-0.3, -0.25) is 4.79 Å². The van der Waals surface area contributed by atoms with Crippen molar-refractivity contribution < 1.29 is 9.90 Å². The normalized spacial score (nSPS) is 10.6. The van der Waals surface area contributed by atoms with Gasteiger partial charge in [-0.15, -0.1) is 0 Å². The second-order valence-corrected chi connectivity index (χ2v) is 5.28. The molecule has 0 saturated heterocycles. The Kier molecular flexibility index (Phi) is 4.38. The number of halogens is 3. The summed E-state index contributed by atoms with van der Waals surface area (Å²) in [4.78, 5) is 22.8. The summed E-state index contributed by atoms with van der Waals surface area (Å²) in [5.41, 5.74) is 0.178. The highest BCUT2D eigenvalue weighted by molar-refractivity contribution is 6.42. The fraction of sp³-hybridized carbons (Fsp3) is 0.0769. The molecule has 0 saturated carbocycles. The number of hydrogen-bond acceptors (Lipinski definition) is 2. The minimum atomic E-state index is -1.16. The average Bonchev–Trinajstić information content (AvgIpc) is 2.38. The van der Waals surface area contributed by atoms with Gasteiger partial charge in [0.1, 0.15) is 5.02 Å². The number of carboxylic acid groups (broad SMARTS) is 1. The molecule has 0 radical (unpaired) electrons. The summed E-state index contributed by atoms with van der Waals surface area (Å²) in [6.07, 6.45) is 1.24. The van der Waals surface area contributed by atoms with Crippen LogP contribution in [-0.4, -0.2) is 15.6 Å². The van der Waals surface area contributed by atoms with E-state index < -0.39 is 11.5 Å². The van der Waals surface area contributed by atoms with Gasteiger partial charge in [0.15, 0.2) is 0 Å². The standard InChI is InChI=1S/C13H8Cl3NO3/c14-9-2-1-7(3-10(9)15)5-17-6-8(13(19)20)4-11(16)12(17)18/h1-4,6H,5H2,(H,19,20). The highest BCUT2D eigenvalue weighted by Gasteiger charge is 2.10. The van der Waals surface area contributed by atoms with E-state index in [4.69, 9.17) is 39.9 Å². The van der Waals surface area contributed by atoms with Crippen LogP contribution in [0.2, 0.25) is 15.1 Å². The van der Waals surface area contributed by atoms with E-state index in [0.717, 1.165) is 6.07 Å². The molecule has 1 aromatic heterocycles. The van der Waals surface area contributed by atoms with Crippen LogP contribution < -0.4 is 5.56 Å². The molecule has 0 fully saturated rings. The molecule has 20 heavy (non-hydrogen) atoms. The first kappa shape index (κ1) is 14.9. The van der Waals surface area contributed by atoms with Gasteiger partial charge < -0.3 is 9.67 Å². The lowest BCUT2D eigenvalue weighted by Gasteiger charge is -2.08. The zero-order valence-electron chi connectivity index (χ0n) is 9.94. The number of benzene rings is 1. The second kappa shape index (κ2) is 5.87. The summed E-state index contributed by atoms with van der Waals surface area (Å²) in [7, 11) is 0. The molecule has 0 atom stereocenters. The molecule has 104 valence electrons. The number of aromatic nitrogens is 1. The number of carbonyl (C=O) groups is 1. The molecule has 7 heteroatoms. The van der Waals surface area contributed by atoms with Crippen LogP contribution in [0.5, 0.6) is 0 Å². The fourth-order valence-electron chi connectivity index (χ4n) is 1.67. The molecule has 0 spiro atoms. The van der Waals surface area contributed by atoms with Crippen LogP contribution in [0.4, 0.5) is 0 Å². The van der Waals surface area contributed by atoms with Crippen LogP contribution in [0.15, 0.2) is 35.3 Å². The molecule has 1 aromatic carbocycles. The smallest absolute Gasteiger partial charge is 0.337 e. The Morgan fingerprint density at radius 1 is 1.10 bits per heavy atom. The van der Waals surface area contributed by atoms with Crippen LogP contribution in [0.1, 0.15) is 15.9 Å². The number of carboxylic acids is 1. The number of nitrogens with zero attached hydrogens (tertiary/aromatic N) is 1. The van der Waals surface area contributed by atoms with E-state index in [2.05, 4.69) is 0 Å². The Labute approximate surface area is 129 Å². The maximum absolute atomic E-state index is 11.9. The molecule has 0 aliphatic rings. The fourth-order valence-corrected chi connectivity index (χ4v) is 2.22. The summed E-state index contributed by atoms with van der Waals surface area (Å²) < 4.78 is 1.21. The van der Waals surface area contributed by atoms with E-state index in [9.17, 15) is 9.59 Å². The first-order valence-electron chi connectivity index (χ1n) is 5.45. The Hall–Kier alpha value is -1.49. The molecular weight excluding hydrogens is 325 g/mol. The van der Waals surface area contributed by atoms with Crippen LogP contribution >= 0.6 is 34.8 Å². The maximum Gasteiger partial charge on any atom is 0.337 e. The first-order chi connectivity index (χ1) is 9.38. The van der Waals surface area contributed by atoms with Gasteiger partial charge in [-0.2, -0.15) is 0 Å². The van der Waals surface area contributed by atoms with Crippen molar-refractivity contribution >= 4 is 40.8 Å². The quantitative estimate of drug-likeness (QED) is 0.935. The monoisotopic (exact) mass is 331 g/mol. The van der Waals surface area contributed by atoms with E-state index in [-0.39, 0.29) is 17.1 Å². The van der Waals surface area contributed by atoms with Gasteiger partial charge in [-0.05, 0) is 23.8 Å². The zero-order valence-corrected chi connectivity index (χ0v) is 12.2. The highest BCUT2D eigenvalue weighted by Crippen LogP contribution is 2.23. The van der Waals surface area contributed by atoms with E-state index in [1.807, 2.05) is 0 Å². The molecular formula is C13H8Cl3NO3. The maximum atomic E-state index is 11.9. The predicted molar refractivity (Wildman–Crippen MR) is 78.2 cm³/mol. The average molecular weight is 333 g/mol. The van der Waals surface area contributed by atoms with Crippen molar-refractivity contribution in [2.75, 3.05) is 0 Å². The molecule has 0 aliphatic carbocycles. The lowest BCUT2D eigenvalue weighted by molar-refractivity contribution is 0.0696. The Bertz CT molecular complexity index is 740. The number of aromatic carboxylic acids is 1. The minimum Gasteiger partial charge on any atom is -0.478 e. The van der Waals surface area contributed by atoms with Crippen LogP contribution in [0.25, 0.3) is 0 Å². The van der Waals surface area contributed by atoms with E-state index in [0.29, 0.717) is 15.6 Å². The molecule has 1 N–H and O–H groups in total. The lowest BCUT2D eigenvalue weighted by Crippen LogP contribution is -2.22.